The van der Waals surface area contributed by atoms with E-state index in [2.05, 4.69) is 9.88 Å². The molecule has 25 heavy (non-hydrogen) atoms. The molecule has 1 N–H and O–H groups in total. The van der Waals surface area contributed by atoms with E-state index in [9.17, 15) is 17.6 Å². The van der Waals surface area contributed by atoms with E-state index in [0.29, 0.717) is 18.4 Å². The predicted octanol–water partition coefficient (Wildman–Crippen LogP) is 2.75. The van der Waals surface area contributed by atoms with Crippen molar-refractivity contribution < 1.29 is 22.1 Å². The van der Waals surface area contributed by atoms with Gasteiger partial charge in [0, 0.05) is 0 Å². The summed E-state index contributed by atoms with van der Waals surface area (Å²) in [7, 11) is -4.12. The van der Waals surface area contributed by atoms with Gasteiger partial charge in [-0.1, -0.05) is 30.1 Å². The van der Waals surface area contributed by atoms with Crippen LogP contribution in [-0.4, -0.2) is 19.5 Å². The monoisotopic (exact) mass is 366 g/mol. The maximum atomic E-state index is 13.7. The summed E-state index contributed by atoms with van der Waals surface area (Å²) in [5.74, 6) is -0.982. The van der Waals surface area contributed by atoms with E-state index < -0.39 is 27.2 Å². The number of benzene rings is 1. The summed E-state index contributed by atoms with van der Waals surface area (Å²) in [5, 5.41) is 3.62. The summed E-state index contributed by atoms with van der Waals surface area (Å²) >= 11 is 0. The van der Waals surface area contributed by atoms with Gasteiger partial charge in [0.25, 0.3) is 10.0 Å². The molecule has 1 fully saturated rings. The molecule has 3 rings (SSSR count). The first kappa shape index (κ1) is 17.6. The van der Waals surface area contributed by atoms with Gasteiger partial charge in [0.05, 0.1) is 5.41 Å². The highest BCUT2D eigenvalue weighted by Crippen LogP contribution is 2.42. The number of nitrogens with one attached hydrogen (secondary N) is 1. The molecular weight excluding hydrogens is 347 g/mol. The van der Waals surface area contributed by atoms with Crippen LogP contribution in [0.25, 0.3) is 0 Å². The lowest BCUT2D eigenvalue weighted by Crippen LogP contribution is -2.45. The number of halogens is 1. The number of carbonyl (C=O) groups excluding carboxylic acids is 1. The Morgan fingerprint density at radius 3 is 2.52 bits per heavy atom. The molecule has 1 heterocycles. The molecule has 0 saturated heterocycles. The highest BCUT2D eigenvalue weighted by molar-refractivity contribution is 7.90. The number of sulfonamides is 1. The van der Waals surface area contributed by atoms with E-state index >= 15 is 0 Å². The average Bonchev–Trinajstić information content (AvgIpc) is 3.15. The minimum atomic E-state index is -4.12. The maximum absolute atomic E-state index is 13.7. The van der Waals surface area contributed by atoms with E-state index in [1.807, 2.05) is 0 Å². The van der Waals surface area contributed by atoms with Crippen LogP contribution in [0.15, 0.2) is 33.7 Å². The zero-order chi connectivity index (χ0) is 18.2. The van der Waals surface area contributed by atoms with Gasteiger partial charge in [-0.2, -0.15) is 0 Å². The zero-order valence-electron chi connectivity index (χ0n) is 14.0. The first-order chi connectivity index (χ1) is 11.8. The molecule has 6 nitrogen and oxygen atoms in total. The molecule has 1 aliphatic rings. The Morgan fingerprint density at radius 1 is 1.28 bits per heavy atom. The number of hydrogen-bond acceptors (Lipinski definition) is 5. The van der Waals surface area contributed by atoms with Gasteiger partial charge in [-0.15, -0.1) is 0 Å². The van der Waals surface area contributed by atoms with Crippen LogP contribution in [-0.2, 0) is 20.2 Å². The van der Waals surface area contributed by atoms with Crippen molar-refractivity contribution in [2.45, 2.75) is 49.8 Å². The van der Waals surface area contributed by atoms with Gasteiger partial charge in [-0.05, 0) is 44.4 Å². The Labute approximate surface area is 145 Å². The van der Waals surface area contributed by atoms with Crippen LogP contribution in [0.3, 0.4) is 0 Å². The fourth-order valence-corrected chi connectivity index (χ4v) is 4.92. The molecule has 8 heteroatoms. The second-order valence-corrected chi connectivity index (χ2v) is 8.01. The summed E-state index contributed by atoms with van der Waals surface area (Å²) in [6.45, 7) is 2.96. The van der Waals surface area contributed by atoms with Gasteiger partial charge in [-0.3, -0.25) is 4.79 Å². The largest absolute Gasteiger partial charge is 0.360 e. The first-order valence-electron chi connectivity index (χ1n) is 8.02. The minimum absolute atomic E-state index is 0.115. The quantitative estimate of drug-likeness (QED) is 0.899. The van der Waals surface area contributed by atoms with Crippen molar-refractivity contribution in [3.63, 3.8) is 0 Å². The van der Waals surface area contributed by atoms with Gasteiger partial charge in [-0.25, -0.2) is 17.5 Å². The summed E-state index contributed by atoms with van der Waals surface area (Å²) in [4.78, 5) is 12.8. The fraction of sp³-hybridized carbons (Fsp3) is 0.412. The van der Waals surface area contributed by atoms with E-state index in [4.69, 9.17) is 4.52 Å². The highest BCUT2D eigenvalue weighted by Gasteiger charge is 2.45. The van der Waals surface area contributed by atoms with Crippen molar-refractivity contribution in [3.8, 4) is 0 Å². The third-order valence-electron chi connectivity index (χ3n) is 4.73. The van der Waals surface area contributed by atoms with Gasteiger partial charge in [0.2, 0.25) is 5.91 Å². The lowest BCUT2D eigenvalue weighted by molar-refractivity contribution is -0.124. The lowest BCUT2D eigenvalue weighted by Gasteiger charge is -2.28. The third kappa shape index (κ3) is 3.06. The molecule has 0 aliphatic heterocycles. The molecule has 134 valence electrons. The Kier molecular flexibility index (Phi) is 4.40. The Hall–Kier alpha value is -2.22. The van der Waals surface area contributed by atoms with Gasteiger partial charge in [0.15, 0.2) is 10.7 Å². The molecule has 0 bridgehead atoms. The van der Waals surface area contributed by atoms with Crippen molar-refractivity contribution in [3.05, 3.63) is 47.1 Å². The van der Waals surface area contributed by atoms with Gasteiger partial charge in [0.1, 0.15) is 11.5 Å². The fourth-order valence-electron chi connectivity index (χ4n) is 3.54. The van der Waals surface area contributed by atoms with E-state index in [1.54, 1.807) is 6.07 Å². The van der Waals surface area contributed by atoms with Crippen LogP contribution in [0, 0.1) is 19.7 Å². The number of amides is 1. The van der Waals surface area contributed by atoms with Crippen LogP contribution in [0.2, 0.25) is 0 Å². The average molecular weight is 366 g/mol. The number of carbonyl (C=O) groups is 1. The molecule has 0 radical (unpaired) electrons. The minimum Gasteiger partial charge on any atom is -0.360 e. The Morgan fingerprint density at radius 2 is 1.96 bits per heavy atom. The van der Waals surface area contributed by atoms with Crippen LogP contribution < -0.4 is 4.72 Å². The second-order valence-electron chi connectivity index (χ2n) is 6.39. The summed E-state index contributed by atoms with van der Waals surface area (Å²) < 4.78 is 46.0. The van der Waals surface area contributed by atoms with Crippen LogP contribution in [0.5, 0.6) is 0 Å². The smallest absolute Gasteiger partial charge is 0.269 e. The lowest BCUT2D eigenvalue weighted by atomic mass is 9.78. The SMILES string of the molecule is Cc1noc(C)c1S(=O)(=O)NC(=O)C1(c2cccc(F)c2)CCCC1. The molecule has 1 saturated carbocycles. The molecule has 2 aromatic rings. The van der Waals surface area contributed by atoms with E-state index in [1.165, 1.54) is 32.0 Å². The standard InChI is InChI=1S/C17H19FN2O4S/c1-11-15(12(2)24-19-11)25(22,23)20-16(21)17(8-3-4-9-17)13-6-5-7-14(18)10-13/h5-7,10H,3-4,8-9H2,1-2H3,(H,20,21). The number of aromatic nitrogens is 1. The molecule has 1 amide bonds. The van der Waals surface area contributed by atoms with Crippen LogP contribution in [0.1, 0.15) is 42.7 Å². The maximum Gasteiger partial charge on any atom is 0.269 e. The van der Waals surface area contributed by atoms with Gasteiger partial charge >= 0.3 is 0 Å². The number of nitrogens with zero attached hydrogens (tertiary/aromatic N) is 1. The molecule has 0 spiro atoms. The first-order valence-corrected chi connectivity index (χ1v) is 9.51. The molecular formula is C17H19FN2O4S. The third-order valence-corrected chi connectivity index (χ3v) is 6.31. The van der Waals surface area contributed by atoms with Crippen molar-refractivity contribution in [1.29, 1.82) is 0 Å². The van der Waals surface area contributed by atoms with E-state index in [0.717, 1.165) is 12.8 Å². The van der Waals surface area contributed by atoms with E-state index in [-0.39, 0.29) is 16.3 Å². The van der Waals surface area contributed by atoms with Crippen molar-refractivity contribution in [2.24, 2.45) is 0 Å². The summed E-state index contributed by atoms with van der Waals surface area (Å²) in [6.07, 6.45) is 2.49. The number of rotatable bonds is 4. The molecule has 1 aliphatic carbocycles. The summed E-state index contributed by atoms with van der Waals surface area (Å²) in [6, 6.07) is 5.79. The molecule has 0 atom stereocenters. The Balaban J connectivity index is 1.98. The molecule has 1 aromatic heterocycles. The van der Waals surface area contributed by atoms with Crippen molar-refractivity contribution in [2.75, 3.05) is 0 Å². The van der Waals surface area contributed by atoms with Crippen LogP contribution >= 0.6 is 0 Å². The van der Waals surface area contributed by atoms with Gasteiger partial charge < -0.3 is 4.52 Å². The highest BCUT2D eigenvalue weighted by atomic mass is 32.2. The number of aryl methyl sites for hydroxylation is 2. The Bertz CT molecular complexity index is 895. The molecule has 1 aromatic carbocycles. The topological polar surface area (TPSA) is 89.3 Å². The van der Waals surface area contributed by atoms with Crippen LogP contribution in [0.4, 0.5) is 4.39 Å². The number of hydrogen-bond donors (Lipinski definition) is 1. The predicted molar refractivity (Wildman–Crippen MR) is 87.9 cm³/mol. The normalized spacial score (nSPS) is 16.8. The molecule has 0 unspecified atom stereocenters. The van der Waals surface area contributed by atoms with Crippen molar-refractivity contribution >= 4 is 15.9 Å². The zero-order valence-corrected chi connectivity index (χ0v) is 14.8. The second kappa shape index (κ2) is 6.25. The van der Waals surface area contributed by atoms with Crippen molar-refractivity contribution in [1.82, 2.24) is 9.88 Å². The summed E-state index contributed by atoms with van der Waals surface area (Å²) in [5.41, 5.74) is -0.366.